The van der Waals surface area contributed by atoms with Gasteiger partial charge in [0.05, 0.1) is 6.54 Å². The third-order valence-electron chi connectivity index (χ3n) is 2.45. The van der Waals surface area contributed by atoms with E-state index in [0.717, 1.165) is 0 Å². The van der Waals surface area contributed by atoms with Gasteiger partial charge in [0, 0.05) is 14.0 Å². The van der Waals surface area contributed by atoms with Crippen LogP contribution in [0.15, 0.2) is 4.52 Å². The van der Waals surface area contributed by atoms with E-state index in [2.05, 4.69) is 20.4 Å². The smallest absolute Gasteiger partial charge is 0.358 e. The summed E-state index contributed by atoms with van der Waals surface area (Å²) < 4.78 is 6.51. The minimum Gasteiger partial charge on any atom is -0.358 e. The van der Waals surface area contributed by atoms with Crippen molar-refractivity contribution < 1.29 is 9.45 Å². The lowest BCUT2D eigenvalue weighted by Crippen LogP contribution is -2.06. The van der Waals surface area contributed by atoms with Gasteiger partial charge < -0.3 is 20.0 Å². The van der Waals surface area contributed by atoms with E-state index >= 15 is 0 Å². The average molecular weight is 252 g/mol. The zero-order valence-electron chi connectivity index (χ0n) is 10.2. The van der Waals surface area contributed by atoms with Gasteiger partial charge in [-0.05, 0) is 16.8 Å². The molecule has 0 aliphatic carbocycles. The highest BCUT2D eigenvalue weighted by Gasteiger charge is 2.23. The fourth-order valence-corrected chi connectivity index (χ4v) is 1.49. The summed E-state index contributed by atoms with van der Waals surface area (Å²) in [4.78, 5) is 18.2. The van der Waals surface area contributed by atoms with Crippen molar-refractivity contribution in [2.75, 3.05) is 5.32 Å². The van der Waals surface area contributed by atoms with Gasteiger partial charge >= 0.3 is 5.82 Å². The minimum atomic E-state index is -0.533. The molecular weight excluding hydrogens is 240 g/mol. The van der Waals surface area contributed by atoms with Crippen molar-refractivity contribution >= 4 is 11.6 Å². The molecule has 1 N–H and O–H groups in total. The van der Waals surface area contributed by atoms with Crippen LogP contribution in [0.3, 0.4) is 0 Å². The number of hydrogen-bond donors (Lipinski definition) is 1. The van der Waals surface area contributed by atoms with E-state index in [-0.39, 0.29) is 12.4 Å². The molecular formula is C9H12N6O3. The number of nitro groups is 1. The zero-order chi connectivity index (χ0) is 13.3. The van der Waals surface area contributed by atoms with Crippen LogP contribution in [0.1, 0.15) is 17.5 Å². The monoisotopic (exact) mass is 252 g/mol. The first-order chi connectivity index (χ1) is 8.49. The van der Waals surface area contributed by atoms with Crippen molar-refractivity contribution in [3.63, 3.8) is 0 Å². The van der Waals surface area contributed by atoms with E-state index in [1.54, 1.807) is 25.5 Å². The molecule has 96 valence electrons. The van der Waals surface area contributed by atoms with Gasteiger partial charge in [-0.25, -0.2) is 0 Å². The Kier molecular flexibility index (Phi) is 2.96. The van der Waals surface area contributed by atoms with Gasteiger partial charge in [-0.1, -0.05) is 5.16 Å². The topological polar surface area (TPSA) is 112 Å². The molecule has 0 aromatic carbocycles. The van der Waals surface area contributed by atoms with Crippen molar-refractivity contribution in [3.05, 3.63) is 27.7 Å². The summed E-state index contributed by atoms with van der Waals surface area (Å²) in [7, 11) is 1.69. The maximum atomic E-state index is 10.8. The Labute approximate surface area is 102 Å². The average Bonchev–Trinajstić information content (AvgIpc) is 2.83. The summed E-state index contributed by atoms with van der Waals surface area (Å²) in [5, 5.41) is 17.3. The van der Waals surface area contributed by atoms with E-state index in [0.29, 0.717) is 23.4 Å². The van der Waals surface area contributed by atoms with Gasteiger partial charge in [0.2, 0.25) is 17.5 Å². The lowest BCUT2D eigenvalue weighted by molar-refractivity contribution is -0.388. The minimum absolute atomic E-state index is 0.209. The molecule has 2 aromatic rings. The SMILES string of the molecule is Cc1noc(CNc2c([N+](=O)[O-])nc(C)n2C)n1. The first kappa shape index (κ1) is 12.0. The Morgan fingerprint density at radius 1 is 1.44 bits per heavy atom. The molecule has 2 rings (SSSR count). The van der Waals surface area contributed by atoms with Crippen molar-refractivity contribution in [1.82, 2.24) is 19.7 Å². The molecule has 0 atom stereocenters. The predicted octanol–water partition coefficient (Wildman–Crippen LogP) is 0.940. The summed E-state index contributed by atoms with van der Waals surface area (Å²) in [5.41, 5.74) is 0. The lowest BCUT2D eigenvalue weighted by atomic mass is 10.5. The van der Waals surface area contributed by atoms with E-state index < -0.39 is 4.92 Å². The van der Waals surface area contributed by atoms with Crippen LogP contribution in [0, 0.1) is 24.0 Å². The van der Waals surface area contributed by atoms with Crippen molar-refractivity contribution in [2.45, 2.75) is 20.4 Å². The van der Waals surface area contributed by atoms with Crippen LogP contribution in [0.4, 0.5) is 11.6 Å². The molecule has 0 saturated carbocycles. The number of imidazole rings is 1. The van der Waals surface area contributed by atoms with Gasteiger partial charge in [-0.2, -0.15) is 4.98 Å². The summed E-state index contributed by atoms with van der Waals surface area (Å²) in [6.07, 6.45) is 0. The number of nitrogens with one attached hydrogen (secondary N) is 1. The highest BCUT2D eigenvalue weighted by atomic mass is 16.6. The number of aromatic nitrogens is 4. The highest BCUT2D eigenvalue weighted by molar-refractivity contribution is 5.53. The van der Waals surface area contributed by atoms with Crippen LogP contribution in [0.2, 0.25) is 0 Å². The van der Waals surface area contributed by atoms with Crippen LogP contribution in [-0.2, 0) is 13.6 Å². The summed E-state index contributed by atoms with van der Waals surface area (Å²) in [6, 6.07) is 0. The largest absolute Gasteiger partial charge is 0.406 e. The van der Waals surface area contributed by atoms with Crippen molar-refractivity contribution in [1.29, 1.82) is 0 Å². The fourth-order valence-electron chi connectivity index (χ4n) is 1.49. The molecule has 0 saturated heterocycles. The van der Waals surface area contributed by atoms with Gasteiger partial charge in [-0.15, -0.1) is 0 Å². The molecule has 9 heteroatoms. The van der Waals surface area contributed by atoms with Gasteiger partial charge in [-0.3, -0.25) is 4.57 Å². The second-order valence-corrected chi connectivity index (χ2v) is 3.74. The second kappa shape index (κ2) is 4.43. The Morgan fingerprint density at radius 3 is 2.72 bits per heavy atom. The first-order valence-corrected chi connectivity index (χ1v) is 5.20. The number of rotatable bonds is 4. The summed E-state index contributed by atoms with van der Waals surface area (Å²) >= 11 is 0. The predicted molar refractivity (Wildman–Crippen MR) is 61.0 cm³/mol. The van der Waals surface area contributed by atoms with E-state index in [1.165, 1.54) is 0 Å². The molecule has 0 fully saturated rings. The highest BCUT2D eigenvalue weighted by Crippen LogP contribution is 2.24. The first-order valence-electron chi connectivity index (χ1n) is 5.20. The van der Waals surface area contributed by atoms with Crippen molar-refractivity contribution in [2.24, 2.45) is 7.05 Å². The Balaban J connectivity index is 2.20. The molecule has 9 nitrogen and oxygen atoms in total. The molecule has 18 heavy (non-hydrogen) atoms. The number of hydrogen-bond acceptors (Lipinski definition) is 7. The summed E-state index contributed by atoms with van der Waals surface area (Å²) in [5.74, 6) is 1.52. The van der Waals surface area contributed by atoms with Crippen LogP contribution in [0.5, 0.6) is 0 Å². The zero-order valence-corrected chi connectivity index (χ0v) is 10.2. The van der Waals surface area contributed by atoms with Gasteiger partial charge in [0.1, 0.15) is 0 Å². The molecule has 2 aromatic heterocycles. The molecule has 0 aliphatic heterocycles. The normalized spacial score (nSPS) is 10.6. The lowest BCUT2D eigenvalue weighted by Gasteiger charge is -2.03. The molecule has 0 spiro atoms. The van der Waals surface area contributed by atoms with E-state index in [9.17, 15) is 10.1 Å². The maximum absolute atomic E-state index is 10.8. The van der Waals surface area contributed by atoms with Crippen LogP contribution in [-0.4, -0.2) is 24.6 Å². The number of anilines is 1. The number of aryl methyl sites for hydroxylation is 2. The van der Waals surface area contributed by atoms with E-state index in [1.807, 2.05) is 0 Å². The molecule has 0 bridgehead atoms. The standard InChI is InChI=1S/C9H12N6O3/c1-5-11-7(18-13-5)4-10-8-9(15(16)17)12-6(2)14(8)3/h10H,4H2,1-3H3. The second-order valence-electron chi connectivity index (χ2n) is 3.74. The number of nitrogens with zero attached hydrogens (tertiary/aromatic N) is 5. The molecule has 0 amide bonds. The molecule has 0 radical (unpaired) electrons. The third-order valence-corrected chi connectivity index (χ3v) is 2.45. The van der Waals surface area contributed by atoms with Crippen LogP contribution >= 0.6 is 0 Å². The fraction of sp³-hybridized carbons (Fsp3) is 0.444. The molecule has 0 unspecified atom stereocenters. The Bertz CT molecular complexity index is 587. The Morgan fingerprint density at radius 2 is 2.17 bits per heavy atom. The molecule has 2 heterocycles. The van der Waals surface area contributed by atoms with Crippen LogP contribution in [0.25, 0.3) is 0 Å². The maximum Gasteiger partial charge on any atom is 0.406 e. The Hall–Kier alpha value is -2.45. The quantitative estimate of drug-likeness (QED) is 0.636. The van der Waals surface area contributed by atoms with Gasteiger partial charge in [0.25, 0.3) is 0 Å². The molecule has 0 aliphatic rings. The van der Waals surface area contributed by atoms with E-state index in [4.69, 9.17) is 4.52 Å². The van der Waals surface area contributed by atoms with Crippen molar-refractivity contribution in [3.8, 4) is 0 Å². The van der Waals surface area contributed by atoms with Crippen LogP contribution < -0.4 is 5.32 Å². The summed E-state index contributed by atoms with van der Waals surface area (Å²) in [6.45, 7) is 3.60. The third kappa shape index (κ3) is 2.14. The van der Waals surface area contributed by atoms with Gasteiger partial charge in [0.15, 0.2) is 5.82 Å².